The van der Waals surface area contributed by atoms with Gasteiger partial charge in [-0.15, -0.1) is 0 Å². The predicted molar refractivity (Wildman–Crippen MR) is 7.61 cm³/mol. The first-order valence-electron chi connectivity index (χ1n) is 0.730. The van der Waals surface area contributed by atoms with E-state index in [2.05, 4.69) is 0 Å². The van der Waals surface area contributed by atoms with Crippen molar-refractivity contribution < 1.29 is 59.6 Å². The van der Waals surface area contributed by atoms with Gasteiger partial charge in [0.1, 0.15) is 0 Å². The van der Waals surface area contributed by atoms with Crippen LogP contribution in [-0.4, -0.2) is 0 Å². The minimum absolute atomic E-state index is 0. The first-order valence-corrected chi connectivity index (χ1v) is 2.19. The Morgan fingerprint density at radius 1 is 1.17 bits per heavy atom. The molecule has 0 aliphatic heterocycles. The zero-order valence-electron chi connectivity index (χ0n) is 2.53. The van der Waals surface area contributed by atoms with E-state index >= 15 is 0 Å². The van der Waals surface area contributed by atoms with Crippen molar-refractivity contribution in [3.05, 3.63) is 0 Å². The monoisotopic (exact) mass is 240 g/mol. The summed E-state index contributed by atoms with van der Waals surface area (Å²) in [4.78, 5) is 25.6. The normalized spacial score (nSPS) is 9.83. The summed E-state index contributed by atoms with van der Waals surface area (Å²) in [5, 5.41) is 0. The molecule has 0 saturated carbocycles. The van der Waals surface area contributed by atoms with Crippen LogP contribution in [0.1, 0.15) is 0 Å². The van der Waals surface area contributed by atoms with Crippen molar-refractivity contribution in [1.29, 1.82) is 0 Å². The van der Waals surface area contributed by atoms with Crippen LogP contribution in [0.4, 0.5) is 0 Å². The average molecular weight is 240 g/mol. The summed E-state index contributed by atoms with van der Waals surface area (Å²) < 4.78 is 8.55. The van der Waals surface area contributed by atoms with Gasteiger partial charge in [0.15, 0.2) is 0 Å². The van der Waals surface area contributed by atoms with Crippen LogP contribution in [0.5, 0.6) is 0 Å². The largest absolute Gasteiger partial charge is 0.822 e. The molecular weight excluding hydrogens is 240 g/mol. The Morgan fingerprint density at radius 2 is 1.17 bits per heavy atom. The summed E-state index contributed by atoms with van der Waals surface area (Å²) in [7, 11) is -5.39. The number of rotatable bonds is 0. The minimum Gasteiger partial charge on any atom is -0.822 e. The fourth-order valence-electron chi connectivity index (χ4n) is 0. The van der Waals surface area contributed by atoms with E-state index < -0.39 is 7.82 Å². The van der Waals surface area contributed by atoms with E-state index in [-0.39, 0.29) is 40.4 Å². The summed E-state index contributed by atoms with van der Waals surface area (Å²) in [5.74, 6) is 0. The van der Waals surface area contributed by atoms with E-state index in [1.807, 2.05) is 0 Å². The van der Waals surface area contributed by atoms with Gasteiger partial charge in [0.25, 0.3) is 0 Å². The molecule has 0 aliphatic rings. The van der Waals surface area contributed by atoms with Crippen molar-refractivity contribution in [2.45, 2.75) is 0 Å². The van der Waals surface area contributed by atoms with Gasteiger partial charge in [0.2, 0.25) is 0 Å². The molecule has 0 rings (SSSR count). The second kappa shape index (κ2) is 3.45. The molecule has 0 saturated heterocycles. The zero-order chi connectivity index (χ0) is 4.50. The van der Waals surface area contributed by atoms with Gasteiger partial charge in [0.05, 0.1) is 0 Å². The van der Waals surface area contributed by atoms with Gasteiger partial charge in [-0.05, 0) is 0 Å². The molecular formula is O4PPm-3. The summed E-state index contributed by atoms with van der Waals surface area (Å²) >= 11 is 0. The van der Waals surface area contributed by atoms with Crippen LogP contribution in [0.2, 0.25) is 0 Å². The smallest absolute Gasteiger partial charge is 0 e. The van der Waals surface area contributed by atoms with E-state index in [0.717, 1.165) is 0 Å². The Balaban J connectivity index is 0. The van der Waals surface area contributed by atoms with Crippen LogP contribution in [-0.2, 0) is 4.57 Å². The molecule has 0 aromatic rings. The molecule has 0 bridgehead atoms. The van der Waals surface area contributed by atoms with E-state index in [1.165, 1.54) is 0 Å². The molecule has 0 heterocycles. The maximum atomic E-state index is 8.55. The number of hydrogen-bond acceptors (Lipinski definition) is 4. The molecule has 0 atom stereocenters. The zero-order valence-corrected chi connectivity index (χ0v) is 6.29. The summed E-state index contributed by atoms with van der Waals surface area (Å²) in [5.41, 5.74) is 0. The van der Waals surface area contributed by atoms with Crippen LogP contribution in [0, 0.1) is 40.4 Å². The third-order valence-corrected chi connectivity index (χ3v) is 0. The van der Waals surface area contributed by atoms with Crippen molar-refractivity contribution in [1.82, 2.24) is 0 Å². The summed E-state index contributed by atoms with van der Waals surface area (Å²) in [6.45, 7) is 0. The maximum absolute atomic E-state index is 8.55. The molecule has 0 amide bonds. The minimum atomic E-state index is -5.39. The SMILES string of the molecule is O=P([O-])([O-])[O-].[Pm]. The Bertz CT molecular complexity index is 53.7. The molecule has 0 aromatic heterocycles. The van der Waals surface area contributed by atoms with E-state index in [1.54, 1.807) is 0 Å². The molecule has 37 valence electrons. The van der Waals surface area contributed by atoms with Crippen molar-refractivity contribution >= 4 is 7.82 Å². The molecule has 0 N–H and O–H groups in total. The Kier molecular flexibility index (Phi) is 6.00. The van der Waals surface area contributed by atoms with Crippen molar-refractivity contribution in [3.8, 4) is 0 Å². The van der Waals surface area contributed by atoms with Crippen LogP contribution in [0.3, 0.4) is 0 Å². The van der Waals surface area contributed by atoms with E-state index in [4.69, 9.17) is 19.2 Å². The molecule has 6 heavy (non-hydrogen) atoms. The predicted octanol–water partition coefficient (Wildman–Crippen LogP) is -2.82. The van der Waals surface area contributed by atoms with Crippen LogP contribution in [0.15, 0.2) is 0 Å². The van der Waals surface area contributed by atoms with Crippen molar-refractivity contribution in [2.24, 2.45) is 0 Å². The first-order chi connectivity index (χ1) is 2.00. The molecule has 0 spiro atoms. The third kappa shape index (κ3) is 51.4. The molecule has 1 radical (unpaired) electrons. The number of hydrogen-bond donors (Lipinski definition) is 0. The van der Waals surface area contributed by atoms with Crippen molar-refractivity contribution in [3.63, 3.8) is 0 Å². The quantitative estimate of drug-likeness (QED) is 0.427. The molecule has 6 heteroatoms. The Morgan fingerprint density at radius 3 is 1.17 bits per heavy atom. The first kappa shape index (κ1) is 10.4. The molecule has 0 aliphatic carbocycles. The molecule has 0 aromatic carbocycles. The Hall–Kier alpha value is 1.45. The van der Waals surface area contributed by atoms with Crippen molar-refractivity contribution in [2.75, 3.05) is 0 Å². The molecule has 0 fully saturated rings. The van der Waals surface area contributed by atoms with Gasteiger partial charge in [-0.1, -0.05) is 0 Å². The van der Waals surface area contributed by atoms with E-state index in [0.29, 0.717) is 0 Å². The number of phosphoric acid groups is 1. The van der Waals surface area contributed by atoms with E-state index in [9.17, 15) is 0 Å². The average Bonchev–Trinajstić information content (AvgIpc) is 0.722. The van der Waals surface area contributed by atoms with Gasteiger partial charge in [-0.2, -0.15) is 7.82 Å². The van der Waals surface area contributed by atoms with Gasteiger partial charge >= 0.3 is 0 Å². The van der Waals surface area contributed by atoms with Gasteiger partial charge in [-0.25, -0.2) is 0 Å². The fraction of sp³-hybridized carbons (Fsp3) is 0. The second-order valence-corrected chi connectivity index (χ2v) is 1.34. The maximum Gasteiger partial charge on any atom is 0 e. The van der Waals surface area contributed by atoms with Gasteiger partial charge in [-0.3, -0.25) is 0 Å². The Labute approximate surface area is 66.9 Å². The fourth-order valence-corrected chi connectivity index (χ4v) is 0. The van der Waals surface area contributed by atoms with Crippen LogP contribution in [0.25, 0.3) is 0 Å². The van der Waals surface area contributed by atoms with Gasteiger partial charge < -0.3 is 19.2 Å². The summed E-state index contributed by atoms with van der Waals surface area (Å²) in [6.07, 6.45) is 0. The van der Waals surface area contributed by atoms with Crippen LogP contribution >= 0.6 is 7.82 Å². The molecule has 4 nitrogen and oxygen atoms in total. The van der Waals surface area contributed by atoms with Gasteiger partial charge in [0, 0.05) is 40.4 Å². The second-order valence-electron chi connectivity index (χ2n) is 0.447. The third-order valence-electron chi connectivity index (χ3n) is 0. The summed E-state index contributed by atoms with van der Waals surface area (Å²) in [6, 6.07) is 0. The standard InChI is InChI=1S/H3O4P.Pm/c1-5(2,3)4;/h(H3,1,2,3,4);/p-3. The van der Waals surface area contributed by atoms with Crippen LogP contribution < -0.4 is 14.7 Å². The molecule has 0 unspecified atom stereocenters. The topological polar surface area (TPSA) is 86.2 Å².